The first-order valence-corrected chi connectivity index (χ1v) is 7.24. The Kier molecular flexibility index (Phi) is 5.34. The van der Waals surface area contributed by atoms with Gasteiger partial charge in [0.15, 0.2) is 0 Å². The Labute approximate surface area is 144 Å². The summed E-state index contributed by atoms with van der Waals surface area (Å²) < 4.78 is 5.79. The van der Waals surface area contributed by atoms with Crippen LogP contribution in [0.2, 0.25) is 0 Å². The van der Waals surface area contributed by atoms with Gasteiger partial charge < -0.3 is 10.1 Å². The van der Waals surface area contributed by atoms with Gasteiger partial charge in [-0.1, -0.05) is 12.1 Å². The van der Waals surface area contributed by atoms with Crippen molar-refractivity contribution in [1.29, 1.82) is 10.5 Å². The Morgan fingerprint density at radius 2 is 1.92 bits per heavy atom. The molecule has 0 saturated carbocycles. The lowest BCUT2D eigenvalue weighted by molar-refractivity contribution is -0.384. The molecule has 1 N–H and O–H groups in total. The zero-order valence-electron chi connectivity index (χ0n) is 13.6. The van der Waals surface area contributed by atoms with Gasteiger partial charge in [-0.3, -0.25) is 10.1 Å². The number of nitrogens with one attached hydrogen (secondary N) is 1. The minimum absolute atomic E-state index is 0.150. The number of rotatable bonds is 5. The number of ether oxygens (including phenoxy) is 1. The summed E-state index contributed by atoms with van der Waals surface area (Å²) in [5.41, 5.74) is 1.90. The van der Waals surface area contributed by atoms with Gasteiger partial charge in [-0.2, -0.15) is 10.5 Å². The third-order valence-electron chi connectivity index (χ3n) is 3.30. The predicted octanol–water partition coefficient (Wildman–Crippen LogP) is 4.35. The van der Waals surface area contributed by atoms with Crippen molar-refractivity contribution in [1.82, 2.24) is 0 Å². The van der Waals surface area contributed by atoms with Crippen LogP contribution in [-0.2, 0) is 0 Å². The summed E-state index contributed by atoms with van der Waals surface area (Å²) in [7, 11) is 0. The summed E-state index contributed by atoms with van der Waals surface area (Å²) in [5.74, 6) is 0.867. The summed E-state index contributed by atoms with van der Waals surface area (Å²) in [6.07, 6.45) is 1.18. The van der Waals surface area contributed by atoms with Gasteiger partial charge in [-0.25, -0.2) is 0 Å². The third-order valence-corrected chi connectivity index (χ3v) is 3.30. The van der Waals surface area contributed by atoms with E-state index in [1.54, 1.807) is 18.2 Å². The second kappa shape index (κ2) is 7.62. The minimum atomic E-state index is -0.541. The lowest BCUT2D eigenvalue weighted by Crippen LogP contribution is -1.96. The number of hydrogen-bond donors (Lipinski definition) is 1. The maximum atomic E-state index is 11.1. The van der Waals surface area contributed by atoms with Crippen LogP contribution >= 0.6 is 0 Å². The van der Waals surface area contributed by atoms with Gasteiger partial charge >= 0.3 is 0 Å². The number of nitriles is 2. The van der Waals surface area contributed by atoms with Crippen molar-refractivity contribution >= 4 is 11.4 Å². The highest BCUT2D eigenvalue weighted by atomic mass is 16.6. The van der Waals surface area contributed by atoms with E-state index in [9.17, 15) is 10.1 Å². The summed E-state index contributed by atoms with van der Waals surface area (Å²) in [5, 5.41) is 31.3. The van der Waals surface area contributed by atoms with Crippen LogP contribution in [-0.4, -0.2) is 4.92 Å². The van der Waals surface area contributed by atoms with Crippen molar-refractivity contribution < 1.29 is 9.66 Å². The molecule has 0 fully saturated rings. The molecule has 0 atom stereocenters. The molecule has 7 heteroatoms. The van der Waals surface area contributed by atoms with E-state index in [0.29, 0.717) is 11.4 Å². The quantitative estimate of drug-likeness (QED) is 0.494. The number of nitrogens with zero attached hydrogens (tertiary/aromatic N) is 3. The molecular formula is C18H14N4O3. The maximum absolute atomic E-state index is 11.1. The predicted molar refractivity (Wildman–Crippen MR) is 92.0 cm³/mol. The van der Waals surface area contributed by atoms with Crippen LogP contribution < -0.4 is 10.1 Å². The van der Waals surface area contributed by atoms with Gasteiger partial charge in [0.2, 0.25) is 0 Å². The highest BCUT2D eigenvalue weighted by Gasteiger charge is 2.12. The van der Waals surface area contributed by atoms with Crippen molar-refractivity contribution in [2.45, 2.75) is 13.8 Å². The van der Waals surface area contributed by atoms with Crippen LogP contribution in [0.3, 0.4) is 0 Å². The molecule has 25 heavy (non-hydrogen) atoms. The molecule has 0 heterocycles. The van der Waals surface area contributed by atoms with Gasteiger partial charge in [-0.15, -0.1) is 0 Å². The van der Waals surface area contributed by atoms with Crippen LogP contribution in [0.5, 0.6) is 11.5 Å². The fraction of sp³-hybridized carbons (Fsp3) is 0.111. The van der Waals surface area contributed by atoms with E-state index in [-0.39, 0.29) is 17.0 Å². The monoisotopic (exact) mass is 334 g/mol. The summed E-state index contributed by atoms with van der Waals surface area (Å²) in [6, 6.07) is 13.2. The molecule has 0 aliphatic heterocycles. The second-order valence-corrected chi connectivity index (χ2v) is 5.27. The van der Waals surface area contributed by atoms with Crippen molar-refractivity contribution in [3.63, 3.8) is 0 Å². The molecule has 2 rings (SSSR count). The molecule has 0 spiro atoms. The standard InChI is InChI=1S/C18H14N4O3/c1-12-3-4-13(2)18(5-12)25-17-7-15(6-16(8-17)22(23)24)21-11-14(9-19)10-20/h3-8,11,21H,1-2H3. The van der Waals surface area contributed by atoms with Crippen LogP contribution in [0.1, 0.15) is 11.1 Å². The van der Waals surface area contributed by atoms with Gasteiger partial charge in [0.05, 0.1) is 11.0 Å². The molecule has 2 aromatic rings. The molecule has 0 radical (unpaired) electrons. The Bertz CT molecular complexity index is 920. The highest BCUT2D eigenvalue weighted by Crippen LogP contribution is 2.31. The minimum Gasteiger partial charge on any atom is -0.457 e. The average molecular weight is 334 g/mol. The van der Waals surface area contributed by atoms with Crippen molar-refractivity contribution in [3.05, 3.63) is 69.4 Å². The van der Waals surface area contributed by atoms with E-state index in [2.05, 4.69) is 5.32 Å². The Morgan fingerprint density at radius 1 is 1.20 bits per heavy atom. The second-order valence-electron chi connectivity index (χ2n) is 5.27. The SMILES string of the molecule is Cc1ccc(C)c(Oc2cc(NC=C(C#N)C#N)cc([N+](=O)[O-])c2)c1. The van der Waals surface area contributed by atoms with Crippen molar-refractivity contribution in [3.8, 4) is 23.6 Å². The molecule has 0 amide bonds. The molecule has 0 saturated heterocycles. The lowest BCUT2D eigenvalue weighted by atomic mass is 10.1. The molecule has 7 nitrogen and oxygen atoms in total. The van der Waals surface area contributed by atoms with Gasteiger partial charge in [-0.05, 0) is 31.0 Å². The molecule has 124 valence electrons. The Balaban J connectivity index is 2.39. The fourth-order valence-corrected chi connectivity index (χ4v) is 2.02. The number of hydrogen-bond acceptors (Lipinski definition) is 6. The average Bonchev–Trinajstić information content (AvgIpc) is 2.59. The van der Waals surface area contributed by atoms with E-state index in [1.165, 1.54) is 18.3 Å². The zero-order chi connectivity index (χ0) is 18.4. The van der Waals surface area contributed by atoms with Crippen LogP contribution in [0.25, 0.3) is 0 Å². The molecule has 0 bridgehead atoms. The first-order chi connectivity index (χ1) is 11.9. The highest BCUT2D eigenvalue weighted by molar-refractivity contribution is 5.59. The van der Waals surface area contributed by atoms with E-state index < -0.39 is 4.92 Å². The third kappa shape index (κ3) is 4.57. The number of allylic oxidation sites excluding steroid dienone is 1. The molecule has 0 aliphatic rings. The Hall–Kier alpha value is -3.84. The first kappa shape index (κ1) is 17.5. The topological polar surface area (TPSA) is 112 Å². The van der Waals surface area contributed by atoms with E-state index in [1.807, 2.05) is 32.0 Å². The zero-order valence-corrected chi connectivity index (χ0v) is 13.6. The van der Waals surface area contributed by atoms with Crippen LogP contribution in [0.15, 0.2) is 48.2 Å². The smallest absolute Gasteiger partial charge is 0.275 e. The molecule has 0 aliphatic carbocycles. The van der Waals surface area contributed by atoms with Gasteiger partial charge in [0, 0.05) is 24.0 Å². The number of nitro benzene ring substituents is 1. The van der Waals surface area contributed by atoms with Crippen LogP contribution in [0, 0.1) is 46.6 Å². The molecular weight excluding hydrogens is 320 g/mol. The largest absolute Gasteiger partial charge is 0.457 e. The van der Waals surface area contributed by atoms with Gasteiger partial charge in [0.25, 0.3) is 5.69 Å². The lowest BCUT2D eigenvalue weighted by Gasteiger charge is -2.11. The number of nitro groups is 1. The molecule has 0 unspecified atom stereocenters. The van der Waals surface area contributed by atoms with Gasteiger partial charge in [0.1, 0.15) is 29.2 Å². The number of anilines is 1. The number of aryl methyl sites for hydroxylation is 2. The normalized spacial score (nSPS) is 9.44. The molecule has 0 aromatic heterocycles. The first-order valence-electron chi connectivity index (χ1n) is 7.24. The van der Waals surface area contributed by atoms with Crippen molar-refractivity contribution in [2.24, 2.45) is 0 Å². The van der Waals surface area contributed by atoms with E-state index in [4.69, 9.17) is 15.3 Å². The van der Waals surface area contributed by atoms with E-state index >= 15 is 0 Å². The van der Waals surface area contributed by atoms with Crippen molar-refractivity contribution in [2.75, 3.05) is 5.32 Å². The van der Waals surface area contributed by atoms with Crippen LogP contribution in [0.4, 0.5) is 11.4 Å². The van der Waals surface area contributed by atoms with E-state index in [0.717, 1.165) is 11.1 Å². The maximum Gasteiger partial charge on any atom is 0.275 e. The summed E-state index contributed by atoms with van der Waals surface area (Å²) in [6.45, 7) is 3.79. The summed E-state index contributed by atoms with van der Waals surface area (Å²) >= 11 is 0. The number of non-ortho nitro benzene ring substituents is 1. The fourth-order valence-electron chi connectivity index (χ4n) is 2.02. The molecule has 2 aromatic carbocycles. The summed E-state index contributed by atoms with van der Waals surface area (Å²) in [4.78, 5) is 10.6. The number of benzene rings is 2. The Morgan fingerprint density at radius 3 is 2.56 bits per heavy atom.